The summed E-state index contributed by atoms with van der Waals surface area (Å²) < 4.78 is 5.60. The van der Waals surface area contributed by atoms with Crippen molar-refractivity contribution in [1.29, 1.82) is 0 Å². The van der Waals surface area contributed by atoms with Gasteiger partial charge in [0.1, 0.15) is 0 Å². The van der Waals surface area contributed by atoms with Gasteiger partial charge in [0, 0.05) is 25.9 Å². The molecule has 2 heterocycles. The largest absolute Gasteiger partial charge is 0.481 e. The minimum Gasteiger partial charge on any atom is -0.481 e. The number of likely N-dealkylation sites (tertiary alicyclic amines) is 1. The number of carbonyl (C=O) groups is 3. The number of ether oxygens (including phenoxy) is 1. The van der Waals surface area contributed by atoms with Crippen LogP contribution in [0.4, 0.5) is 4.79 Å². The molecule has 0 spiro atoms. The summed E-state index contributed by atoms with van der Waals surface area (Å²) in [6.07, 6.45) is 2.32. The van der Waals surface area contributed by atoms with Gasteiger partial charge in [-0.15, -0.1) is 0 Å². The predicted octanol–water partition coefficient (Wildman–Crippen LogP) is 0.341. The zero-order valence-corrected chi connectivity index (χ0v) is 10.6. The summed E-state index contributed by atoms with van der Waals surface area (Å²) in [4.78, 5) is 35.2. The minimum atomic E-state index is -0.941. The lowest BCUT2D eigenvalue weighted by Gasteiger charge is -2.31. The Kier molecular flexibility index (Phi) is 4.36. The Bertz CT molecular complexity index is 372. The summed E-state index contributed by atoms with van der Waals surface area (Å²) in [5.41, 5.74) is 0. The van der Waals surface area contributed by atoms with E-state index in [2.05, 4.69) is 5.32 Å². The molecular formula is C12H18N2O5. The third-order valence-corrected chi connectivity index (χ3v) is 3.37. The Balaban J connectivity index is 1.71. The van der Waals surface area contributed by atoms with E-state index in [1.54, 1.807) is 4.90 Å². The molecule has 7 nitrogen and oxygen atoms in total. The zero-order chi connectivity index (χ0) is 13.8. The van der Waals surface area contributed by atoms with Crippen molar-refractivity contribution >= 4 is 17.9 Å². The van der Waals surface area contributed by atoms with Gasteiger partial charge in [0.25, 0.3) is 0 Å². The molecule has 2 unspecified atom stereocenters. The number of imide groups is 1. The van der Waals surface area contributed by atoms with E-state index in [-0.39, 0.29) is 31.5 Å². The average Bonchev–Trinajstić information content (AvgIpc) is 2.67. The second-order valence-corrected chi connectivity index (χ2v) is 4.96. The van der Waals surface area contributed by atoms with Crippen LogP contribution in [0.5, 0.6) is 0 Å². The summed E-state index contributed by atoms with van der Waals surface area (Å²) in [5, 5.41) is 10.7. The smallest absolute Gasteiger partial charge is 0.324 e. The normalized spacial score (nSPS) is 25.2. The topological polar surface area (TPSA) is 95.9 Å². The molecule has 2 N–H and O–H groups in total. The molecule has 0 aliphatic carbocycles. The van der Waals surface area contributed by atoms with Crippen LogP contribution >= 0.6 is 0 Å². The first kappa shape index (κ1) is 13.8. The number of hydrogen-bond donors (Lipinski definition) is 2. The SMILES string of the molecule is O=C(O)CCCC(=O)NC(=O)N1CC2CCC(C1)O2. The average molecular weight is 270 g/mol. The van der Waals surface area contributed by atoms with Crippen LogP contribution in [0.1, 0.15) is 32.1 Å². The van der Waals surface area contributed by atoms with Crippen molar-refractivity contribution in [3.8, 4) is 0 Å². The van der Waals surface area contributed by atoms with Crippen LogP contribution in [0.3, 0.4) is 0 Å². The number of carbonyl (C=O) groups excluding carboxylic acids is 2. The number of fused-ring (bicyclic) bond motifs is 2. The van der Waals surface area contributed by atoms with Crippen molar-refractivity contribution in [3.05, 3.63) is 0 Å². The number of rotatable bonds is 4. The van der Waals surface area contributed by atoms with Gasteiger partial charge in [-0.05, 0) is 19.3 Å². The van der Waals surface area contributed by atoms with Crippen molar-refractivity contribution in [2.24, 2.45) is 0 Å². The predicted molar refractivity (Wildman–Crippen MR) is 64.5 cm³/mol. The fourth-order valence-electron chi connectivity index (χ4n) is 2.44. The van der Waals surface area contributed by atoms with E-state index in [0.717, 1.165) is 12.8 Å². The molecule has 0 aromatic heterocycles. The Morgan fingerprint density at radius 1 is 1.16 bits per heavy atom. The molecule has 2 fully saturated rings. The van der Waals surface area contributed by atoms with E-state index in [0.29, 0.717) is 13.1 Å². The van der Waals surface area contributed by atoms with Crippen molar-refractivity contribution in [2.45, 2.75) is 44.3 Å². The van der Waals surface area contributed by atoms with E-state index in [1.165, 1.54) is 0 Å². The number of nitrogens with one attached hydrogen (secondary N) is 1. The van der Waals surface area contributed by atoms with Gasteiger partial charge in [-0.25, -0.2) is 4.79 Å². The fourth-order valence-corrected chi connectivity index (χ4v) is 2.44. The third-order valence-electron chi connectivity index (χ3n) is 3.37. The van der Waals surface area contributed by atoms with E-state index in [1.807, 2.05) is 0 Å². The maximum absolute atomic E-state index is 11.8. The van der Waals surface area contributed by atoms with Gasteiger partial charge in [0.05, 0.1) is 12.2 Å². The van der Waals surface area contributed by atoms with Crippen LogP contribution < -0.4 is 5.32 Å². The molecular weight excluding hydrogens is 252 g/mol. The van der Waals surface area contributed by atoms with Crippen molar-refractivity contribution in [3.63, 3.8) is 0 Å². The molecule has 0 saturated carbocycles. The molecule has 2 aliphatic rings. The summed E-state index contributed by atoms with van der Waals surface area (Å²) in [5.74, 6) is -1.37. The zero-order valence-electron chi connectivity index (χ0n) is 10.6. The van der Waals surface area contributed by atoms with Crippen LogP contribution in [0.2, 0.25) is 0 Å². The van der Waals surface area contributed by atoms with Gasteiger partial charge in [0.15, 0.2) is 0 Å². The van der Waals surface area contributed by atoms with E-state index in [9.17, 15) is 14.4 Å². The van der Waals surface area contributed by atoms with Gasteiger partial charge in [-0.2, -0.15) is 0 Å². The second kappa shape index (κ2) is 6.01. The molecule has 106 valence electrons. The molecule has 7 heteroatoms. The van der Waals surface area contributed by atoms with Crippen molar-refractivity contribution in [2.75, 3.05) is 13.1 Å². The lowest BCUT2D eigenvalue weighted by molar-refractivity contribution is -0.137. The first-order valence-electron chi connectivity index (χ1n) is 6.50. The van der Waals surface area contributed by atoms with Gasteiger partial charge in [0.2, 0.25) is 5.91 Å². The van der Waals surface area contributed by atoms with Crippen molar-refractivity contribution in [1.82, 2.24) is 10.2 Å². The summed E-state index contributed by atoms with van der Waals surface area (Å²) in [6.45, 7) is 1.04. The lowest BCUT2D eigenvalue weighted by atomic mass is 10.2. The number of nitrogens with zero attached hydrogens (tertiary/aromatic N) is 1. The summed E-state index contributed by atoms with van der Waals surface area (Å²) in [7, 11) is 0. The monoisotopic (exact) mass is 270 g/mol. The fraction of sp³-hybridized carbons (Fsp3) is 0.750. The highest BCUT2D eigenvalue weighted by Gasteiger charge is 2.35. The highest BCUT2D eigenvalue weighted by Crippen LogP contribution is 2.26. The molecule has 2 bridgehead atoms. The molecule has 3 amide bonds. The maximum Gasteiger partial charge on any atom is 0.324 e. The minimum absolute atomic E-state index is 0.0508. The van der Waals surface area contributed by atoms with Crippen LogP contribution in [-0.4, -0.2) is 53.2 Å². The molecule has 0 aromatic carbocycles. The second-order valence-electron chi connectivity index (χ2n) is 4.96. The van der Waals surface area contributed by atoms with E-state index in [4.69, 9.17) is 9.84 Å². The maximum atomic E-state index is 11.8. The Labute approximate surface area is 110 Å². The van der Waals surface area contributed by atoms with Gasteiger partial charge < -0.3 is 14.7 Å². The van der Waals surface area contributed by atoms with Crippen LogP contribution in [0, 0.1) is 0 Å². The Morgan fingerprint density at radius 2 is 1.79 bits per heavy atom. The van der Waals surface area contributed by atoms with Crippen molar-refractivity contribution < 1.29 is 24.2 Å². The molecule has 2 rings (SSSR count). The number of hydrogen-bond acceptors (Lipinski definition) is 4. The Hall–Kier alpha value is -1.63. The molecule has 2 aliphatic heterocycles. The highest BCUT2D eigenvalue weighted by atomic mass is 16.5. The first-order valence-corrected chi connectivity index (χ1v) is 6.50. The van der Waals surface area contributed by atoms with E-state index < -0.39 is 17.9 Å². The molecule has 0 radical (unpaired) electrons. The third kappa shape index (κ3) is 3.92. The summed E-state index contributed by atoms with van der Waals surface area (Å²) >= 11 is 0. The van der Waals surface area contributed by atoms with Crippen LogP contribution in [0.15, 0.2) is 0 Å². The number of morpholine rings is 1. The molecule has 0 aromatic rings. The summed E-state index contributed by atoms with van der Waals surface area (Å²) in [6, 6.07) is -0.402. The molecule has 2 atom stereocenters. The van der Waals surface area contributed by atoms with Crippen LogP contribution in [-0.2, 0) is 14.3 Å². The standard InChI is InChI=1S/C12H18N2O5/c15-10(2-1-3-11(16)17)13-12(18)14-6-8-4-5-9(7-14)19-8/h8-9H,1-7H2,(H,16,17)(H,13,15,18). The number of amides is 3. The molecule has 2 saturated heterocycles. The molecule has 19 heavy (non-hydrogen) atoms. The highest BCUT2D eigenvalue weighted by molar-refractivity contribution is 5.94. The number of urea groups is 1. The lowest BCUT2D eigenvalue weighted by Crippen LogP contribution is -2.51. The van der Waals surface area contributed by atoms with Gasteiger partial charge >= 0.3 is 12.0 Å². The number of carboxylic acids is 1. The number of carboxylic acid groups (broad SMARTS) is 1. The Morgan fingerprint density at radius 3 is 2.37 bits per heavy atom. The first-order chi connectivity index (χ1) is 9.04. The quantitative estimate of drug-likeness (QED) is 0.768. The van der Waals surface area contributed by atoms with Gasteiger partial charge in [-0.1, -0.05) is 0 Å². The van der Waals surface area contributed by atoms with Crippen LogP contribution in [0.25, 0.3) is 0 Å². The number of aliphatic carboxylic acids is 1. The van der Waals surface area contributed by atoms with E-state index >= 15 is 0 Å². The van der Waals surface area contributed by atoms with Gasteiger partial charge in [-0.3, -0.25) is 14.9 Å².